The number of anilines is 1. The van der Waals surface area contributed by atoms with E-state index in [1.54, 1.807) is 18.2 Å². The second-order valence-corrected chi connectivity index (χ2v) is 6.38. The number of rotatable bonds is 6. The van der Waals surface area contributed by atoms with Crippen molar-refractivity contribution < 1.29 is 4.79 Å². The van der Waals surface area contributed by atoms with Gasteiger partial charge in [-0.3, -0.25) is 4.79 Å². The Hall–Kier alpha value is -1.86. The van der Waals surface area contributed by atoms with Gasteiger partial charge < -0.3 is 11.1 Å². The number of nitrogens with one attached hydrogen (secondary N) is 1. The van der Waals surface area contributed by atoms with Gasteiger partial charge in [-0.15, -0.1) is 0 Å². The molecule has 0 fully saturated rings. The Kier molecular flexibility index (Phi) is 6.39. The van der Waals surface area contributed by atoms with E-state index < -0.39 is 0 Å². The molecule has 1 atom stereocenters. The van der Waals surface area contributed by atoms with Crippen LogP contribution in [0.15, 0.2) is 24.3 Å². The first-order valence-corrected chi connectivity index (χ1v) is 7.37. The van der Waals surface area contributed by atoms with Crippen molar-refractivity contribution in [3.63, 3.8) is 0 Å². The van der Waals surface area contributed by atoms with Crippen LogP contribution in [0.3, 0.4) is 0 Å². The van der Waals surface area contributed by atoms with Gasteiger partial charge in [0.15, 0.2) is 0 Å². The Bertz CT molecular complexity index is 512. The van der Waals surface area contributed by atoms with Crippen molar-refractivity contribution in [1.29, 1.82) is 5.26 Å². The summed E-state index contributed by atoms with van der Waals surface area (Å²) in [7, 11) is 0. The lowest BCUT2D eigenvalue weighted by Crippen LogP contribution is -2.25. The fourth-order valence-corrected chi connectivity index (χ4v) is 2.42. The summed E-state index contributed by atoms with van der Waals surface area (Å²) < 4.78 is 0. The van der Waals surface area contributed by atoms with Crippen molar-refractivity contribution >= 4 is 11.6 Å². The van der Waals surface area contributed by atoms with Gasteiger partial charge in [0.1, 0.15) is 6.07 Å². The average Bonchev–Trinajstić information content (AvgIpc) is 2.42. The van der Waals surface area contributed by atoms with E-state index >= 15 is 0 Å². The van der Waals surface area contributed by atoms with Gasteiger partial charge >= 0.3 is 0 Å². The van der Waals surface area contributed by atoms with Gasteiger partial charge in [-0.05, 0) is 42.9 Å². The maximum absolute atomic E-state index is 12.1. The Morgan fingerprint density at radius 1 is 1.33 bits per heavy atom. The zero-order valence-corrected chi connectivity index (χ0v) is 13.1. The number of nitriles is 1. The third kappa shape index (κ3) is 5.57. The van der Waals surface area contributed by atoms with E-state index in [1.807, 2.05) is 6.07 Å². The van der Waals surface area contributed by atoms with Crippen LogP contribution in [0.4, 0.5) is 5.69 Å². The molecule has 3 N–H and O–H groups in total. The SMILES string of the molecule is CC(C)(C)C(CCN)CCC(=O)Nc1ccccc1C#N. The lowest BCUT2D eigenvalue weighted by Gasteiger charge is -2.30. The summed E-state index contributed by atoms with van der Waals surface area (Å²) in [5.74, 6) is 0.364. The van der Waals surface area contributed by atoms with Crippen LogP contribution in [0.5, 0.6) is 0 Å². The van der Waals surface area contributed by atoms with Gasteiger partial charge in [0.05, 0.1) is 11.3 Å². The molecule has 114 valence electrons. The molecule has 0 aromatic heterocycles. The molecule has 1 rings (SSSR count). The lowest BCUT2D eigenvalue weighted by molar-refractivity contribution is -0.116. The Morgan fingerprint density at radius 3 is 2.57 bits per heavy atom. The van der Waals surface area contributed by atoms with Crippen molar-refractivity contribution in [2.24, 2.45) is 17.1 Å². The number of nitrogens with two attached hydrogens (primary N) is 1. The summed E-state index contributed by atoms with van der Waals surface area (Å²) in [5.41, 5.74) is 6.87. The molecule has 1 unspecified atom stereocenters. The summed E-state index contributed by atoms with van der Waals surface area (Å²) in [6.45, 7) is 7.17. The highest BCUT2D eigenvalue weighted by molar-refractivity contribution is 5.92. The Morgan fingerprint density at radius 2 is 2.00 bits per heavy atom. The number of amides is 1. The smallest absolute Gasteiger partial charge is 0.224 e. The third-order valence-electron chi connectivity index (χ3n) is 3.78. The van der Waals surface area contributed by atoms with Gasteiger partial charge in [0.2, 0.25) is 5.91 Å². The van der Waals surface area contributed by atoms with Crippen LogP contribution in [0.2, 0.25) is 0 Å². The van der Waals surface area contributed by atoms with E-state index in [0.29, 0.717) is 30.1 Å². The molecular weight excluding hydrogens is 262 g/mol. The van der Waals surface area contributed by atoms with Gasteiger partial charge in [0.25, 0.3) is 0 Å². The molecule has 0 aliphatic carbocycles. The van der Waals surface area contributed by atoms with Crippen LogP contribution >= 0.6 is 0 Å². The molecule has 0 saturated heterocycles. The van der Waals surface area contributed by atoms with Gasteiger partial charge in [-0.25, -0.2) is 0 Å². The van der Waals surface area contributed by atoms with Crippen LogP contribution in [-0.2, 0) is 4.79 Å². The fraction of sp³-hybridized carbons (Fsp3) is 0.529. The number of hydrogen-bond acceptors (Lipinski definition) is 3. The lowest BCUT2D eigenvalue weighted by atomic mass is 9.76. The molecule has 0 bridgehead atoms. The number of hydrogen-bond donors (Lipinski definition) is 2. The van der Waals surface area contributed by atoms with Crippen molar-refractivity contribution in [3.8, 4) is 6.07 Å². The Balaban J connectivity index is 2.60. The molecule has 1 aromatic carbocycles. The van der Waals surface area contributed by atoms with Crippen LogP contribution in [0.25, 0.3) is 0 Å². The third-order valence-corrected chi connectivity index (χ3v) is 3.78. The monoisotopic (exact) mass is 287 g/mol. The van der Waals surface area contributed by atoms with Crippen LogP contribution in [0, 0.1) is 22.7 Å². The first-order chi connectivity index (χ1) is 9.88. The normalized spacial score (nSPS) is 12.5. The number of carbonyl (C=O) groups excluding carboxylic acids is 1. The van der Waals surface area contributed by atoms with E-state index in [0.717, 1.165) is 12.8 Å². The van der Waals surface area contributed by atoms with Gasteiger partial charge in [-0.2, -0.15) is 5.26 Å². The van der Waals surface area contributed by atoms with E-state index in [2.05, 4.69) is 32.2 Å². The topological polar surface area (TPSA) is 78.9 Å². The largest absolute Gasteiger partial charge is 0.330 e. The second-order valence-electron chi connectivity index (χ2n) is 6.38. The molecule has 21 heavy (non-hydrogen) atoms. The second kappa shape index (κ2) is 7.80. The van der Waals surface area contributed by atoms with E-state index in [-0.39, 0.29) is 11.3 Å². The number of para-hydroxylation sites is 1. The highest BCUT2D eigenvalue weighted by Gasteiger charge is 2.24. The van der Waals surface area contributed by atoms with Gasteiger partial charge in [-0.1, -0.05) is 32.9 Å². The zero-order chi connectivity index (χ0) is 15.9. The quantitative estimate of drug-likeness (QED) is 0.842. The molecule has 0 saturated carbocycles. The van der Waals surface area contributed by atoms with Gasteiger partial charge in [0, 0.05) is 6.42 Å². The molecule has 0 aliphatic rings. The first kappa shape index (κ1) is 17.2. The predicted molar refractivity (Wildman–Crippen MR) is 85.6 cm³/mol. The van der Waals surface area contributed by atoms with Crippen LogP contribution < -0.4 is 11.1 Å². The molecule has 1 aromatic rings. The summed E-state index contributed by atoms with van der Waals surface area (Å²) in [4.78, 5) is 12.1. The summed E-state index contributed by atoms with van der Waals surface area (Å²) in [6, 6.07) is 9.11. The minimum atomic E-state index is -0.0519. The number of carbonyl (C=O) groups is 1. The number of benzene rings is 1. The minimum Gasteiger partial charge on any atom is -0.330 e. The summed E-state index contributed by atoms with van der Waals surface area (Å²) in [5, 5.41) is 11.8. The molecule has 0 aliphatic heterocycles. The predicted octanol–water partition coefficient (Wildman–Crippen LogP) is 3.29. The summed E-state index contributed by atoms with van der Waals surface area (Å²) >= 11 is 0. The summed E-state index contributed by atoms with van der Waals surface area (Å²) in [6.07, 6.45) is 2.18. The van der Waals surface area contributed by atoms with Crippen molar-refractivity contribution in [1.82, 2.24) is 0 Å². The van der Waals surface area contributed by atoms with E-state index in [4.69, 9.17) is 11.0 Å². The van der Waals surface area contributed by atoms with Crippen molar-refractivity contribution in [2.75, 3.05) is 11.9 Å². The minimum absolute atomic E-state index is 0.0519. The first-order valence-electron chi connectivity index (χ1n) is 7.37. The molecule has 0 heterocycles. The standard InChI is InChI=1S/C17H25N3O/c1-17(2,3)14(10-11-18)8-9-16(21)20-15-7-5-4-6-13(15)12-19/h4-7,14H,8-11,18H2,1-3H3,(H,20,21). The molecule has 0 spiro atoms. The van der Waals surface area contributed by atoms with E-state index in [9.17, 15) is 4.79 Å². The van der Waals surface area contributed by atoms with Crippen LogP contribution in [-0.4, -0.2) is 12.5 Å². The average molecular weight is 287 g/mol. The molecule has 4 heteroatoms. The Labute approximate surface area is 127 Å². The maximum Gasteiger partial charge on any atom is 0.224 e. The molecular formula is C17H25N3O. The molecule has 1 amide bonds. The highest BCUT2D eigenvalue weighted by Crippen LogP contribution is 2.32. The maximum atomic E-state index is 12.1. The van der Waals surface area contributed by atoms with Crippen molar-refractivity contribution in [2.45, 2.75) is 40.0 Å². The zero-order valence-electron chi connectivity index (χ0n) is 13.1. The highest BCUT2D eigenvalue weighted by atomic mass is 16.1. The fourth-order valence-electron chi connectivity index (χ4n) is 2.42. The van der Waals surface area contributed by atoms with Crippen LogP contribution in [0.1, 0.15) is 45.6 Å². The molecule has 0 radical (unpaired) electrons. The van der Waals surface area contributed by atoms with Crippen molar-refractivity contribution in [3.05, 3.63) is 29.8 Å². The van der Waals surface area contributed by atoms with E-state index in [1.165, 1.54) is 0 Å². The molecule has 4 nitrogen and oxygen atoms in total. The number of nitrogens with zero attached hydrogens (tertiary/aromatic N) is 1.